The van der Waals surface area contributed by atoms with Crippen LogP contribution in [0.4, 0.5) is 0 Å². The molecule has 1 aliphatic heterocycles. The summed E-state index contributed by atoms with van der Waals surface area (Å²) >= 11 is 0. The van der Waals surface area contributed by atoms with Gasteiger partial charge in [0.15, 0.2) is 0 Å². The molecule has 1 N–H and O–H groups in total. The summed E-state index contributed by atoms with van der Waals surface area (Å²) in [5.41, 5.74) is 0. The Kier molecular flexibility index (Phi) is 6.26. The van der Waals surface area contributed by atoms with Crippen molar-refractivity contribution in [3.8, 4) is 0 Å². The standard InChI is InChI=1S/C13H25NO4S/c1-11(2)7-10-19(17,18)14-8-5-12(6-9-14)3-4-13(15)16/h11-12H,3-10H2,1-2H3,(H,15,16). The second-order valence-corrected chi connectivity index (χ2v) is 7.86. The van der Waals surface area contributed by atoms with Gasteiger partial charge in [0.1, 0.15) is 0 Å². The number of piperidine rings is 1. The van der Waals surface area contributed by atoms with Crippen LogP contribution in [0.2, 0.25) is 0 Å². The summed E-state index contributed by atoms with van der Waals surface area (Å²) in [7, 11) is -3.12. The maximum Gasteiger partial charge on any atom is 0.303 e. The zero-order valence-corrected chi connectivity index (χ0v) is 12.7. The average Bonchev–Trinajstić information content (AvgIpc) is 2.34. The van der Waals surface area contributed by atoms with Gasteiger partial charge in [-0.2, -0.15) is 0 Å². The van der Waals surface area contributed by atoms with Crippen molar-refractivity contribution >= 4 is 16.0 Å². The fourth-order valence-electron chi connectivity index (χ4n) is 2.32. The Balaban J connectivity index is 2.38. The maximum atomic E-state index is 12.1. The Bertz CT molecular complexity index is 383. The molecule has 0 amide bonds. The first kappa shape index (κ1) is 16.4. The fraction of sp³-hybridized carbons (Fsp3) is 0.923. The summed E-state index contributed by atoms with van der Waals surface area (Å²) in [5, 5.41) is 8.64. The summed E-state index contributed by atoms with van der Waals surface area (Å²) in [6.45, 7) is 5.14. The first-order chi connectivity index (χ1) is 8.81. The molecule has 1 saturated heterocycles. The van der Waals surface area contributed by atoms with Gasteiger partial charge in [0.2, 0.25) is 10.0 Å². The molecule has 112 valence electrons. The number of rotatable bonds is 7. The van der Waals surface area contributed by atoms with E-state index in [1.54, 1.807) is 4.31 Å². The van der Waals surface area contributed by atoms with Crippen molar-refractivity contribution in [2.45, 2.75) is 46.0 Å². The third-order valence-electron chi connectivity index (χ3n) is 3.69. The SMILES string of the molecule is CC(C)CCS(=O)(=O)N1CCC(CCC(=O)O)CC1. The molecule has 5 nitrogen and oxygen atoms in total. The van der Waals surface area contributed by atoms with E-state index in [2.05, 4.69) is 0 Å². The molecule has 0 unspecified atom stereocenters. The fourth-order valence-corrected chi connectivity index (χ4v) is 4.11. The van der Waals surface area contributed by atoms with E-state index in [4.69, 9.17) is 5.11 Å². The van der Waals surface area contributed by atoms with Crippen LogP contribution in [0, 0.1) is 11.8 Å². The van der Waals surface area contributed by atoms with E-state index >= 15 is 0 Å². The number of carboxylic acid groups (broad SMARTS) is 1. The van der Waals surface area contributed by atoms with Crippen LogP contribution in [0.5, 0.6) is 0 Å². The summed E-state index contributed by atoms with van der Waals surface area (Å²) < 4.78 is 25.8. The topological polar surface area (TPSA) is 74.7 Å². The molecule has 0 aromatic rings. The number of hydrogen-bond acceptors (Lipinski definition) is 3. The van der Waals surface area contributed by atoms with Gasteiger partial charge >= 0.3 is 5.97 Å². The van der Waals surface area contributed by atoms with E-state index in [1.165, 1.54) is 0 Å². The number of aliphatic carboxylic acids is 1. The second-order valence-electron chi connectivity index (χ2n) is 5.77. The predicted octanol–water partition coefficient (Wildman–Crippen LogP) is 1.94. The van der Waals surface area contributed by atoms with E-state index < -0.39 is 16.0 Å². The Morgan fingerprint density at radius 2 is 1.89 bits per heavy atom. The minimum Gasteiger partial charge on any atom is -0.481 e. The summed E-state index contributed by atoms with van der Waals surface area (Å²) in [4.78, 5) is 10.5. The van der Waals surface area contributed by atoms with Crippen LogP contribution in [0.25, 0.3) is 0 Å². The van der Waals surface area contributed by atoms with Crippen LogP contribution in [-0.4, -0.2) is 42.6 Å². The molecule has 0 bridgehead atoms. The van der Waals surface area contributed by atoms with Gasteiger partial charge in [-0.05, 0) is 37.5 Å². The molecule has 0 aliphatic carbocycles. The lowest BCUT2D eigenvalue weighted by molar-refractivity contribution is -0.137. The van der Waals surface area contributed by atoms with Gasteiger partial charge in [-0.15, -0.1) is 0 Å². The molecule has 0 radical (unpaired) electrons. The first-order valence-corrected chi connectivity index (χ1v) is 8.62. The van der Waals surface area contributed by atoms with E-state index in [9.17, 15) is 13.2 Å². The lowest BCUT2D eigenvalue weighted by Gasteiger charge is -2.31. The molecule has 1 rings (SSSR count). The number of hydrogen-bond donors (Lipinski definition) is 1. The quantitative estimate of drug-likeness (QED) is 0.778. The first-order valence-electron chi connectivity index (χ1n) is 7.01. The second kappa shape index (κ2) is 7.24. The summed E-state index contributed by atoms with van der Waals surface area (Å²) in [6.07, 6.45) is 3.11. The van der Waals surface area contributed by atoms with Gasteiger partial charge in [-0.3, -0.25) is 4.79 Å². The monoisotopic (exact) mass is 291 g/mol. The van der Waals surface area contributed by atoms with Gasteiger partial charge in [0.05, 0.1) is 5.75 Å². The molecular weight excluding hydrogens is 266 g/mol. The molecule has 0 aromatic heterocycles. The third-order valence-corrected chi connectivity index (χ3v) is 5.59. The Morgan fingerprint density at radius 3 is 2.37 bits per heavy atom. The van der Waals surface area contributed by atoms with Crippen molar-refractivity contribution in [1.82, 2.24) is 4.31 Å². The molecule has 0 saturated carbocycles. The van der Waals surface area contributed by atoms with E-state index in [-0.39, 0.29) is 12.2 Å². The van der Waals surface area contributed by atoms with Gasteiger partial charge in [0.25, 0.3) is 0 Å². The van der Waals surface area contributed by atoms with Crippen molar-refractivity contribution in [1.29, 1.82) is 0 Å². The maximum absolute atomic E-state index is 12.1. The van der Waals surface area contributed by atoms with Crippen molar-refractivity contribution < 1.29 is 18.3 Å². The number of sulfonamides is 1. The van der Waals surface area contributed by atoms with E-state index in [0.29, 0.717) is 37.8 Å². The van der Waals surface area contributed by atoms with Gasteiger partial charge in [-0.25, -0.2) is 12.7 Å². The Hall–Kier alpha value is -0.620. The number of carbonyl (C=O) groups is 1. The lowest BCUT2D eigenvalue weighted by Crippen LogP contribution is -2.40. The van der Waals surface area contributed by atoms with E-state index in [1.807, 2.05) is 13.8 Å². The zero-order chi connectivity index (χ0) is 14.5. The van der Waals surface area contributed by atoms with Gasteiger partial charge < -0.3 is 5.11 Å². The predicted molar refractivity (Wildman–Crippen MR) is 74.4 cm³/mol. The molecule has 0 aromatic carbocycles. The minimum absolute atomic E-state index is 0.185. The highest BCUT2D eigenvalue weighted by molar-refractivity contribution is 7.89. The smallest absolute Gasteiger partial charge is 0.303 e. The van der Waals surface area contributed by atoms with Crippen LogP contribution >= 0.6 is 0 Å². The molecule has 0 atom stereocenters. The molecule has 0 spiro atoms. The number of carboxylic acids is 1. The highest BCUT2D eigenvalue weighted by Gasteiger charge is 2.27. The molecule has 1 aliphatic rings. The van der Waals surface area contributed by atoms with Crippen molar-refractivity contribution in [2.75, 3.05) is 18.8 Å². The van der Waals surface area contributed by atoms with Crippen LogP contribution in [0.1, 0.15) is 46.0 Å². The normalized spacial score (nSPS) is 18.9. The minimum atomic E-state index is -3.12. The number of nitrogens with zero attached hydrogens (tertiary/aromatic N) is 1. The summed E-state index contributed by atoms with van der Waals surface area (Å²) in [6, 6.07) is 0. The van der Waals surface area contributed by atoms with Crippen LogP contribution in [0.3, 0.4) is 0 Å². The Labute approximate surface area is 116 Å². The lowest BCUT2D eigenvalue weighted by atomic mass is 9.93. The van der Waals surface area contributed by atoms with Crippen molar-refractivity contribution in [2.24, 2.45) is 11.8 Å². The van der Waals surface area contributed by atoms with Crippen LogP contribution in [0.15, 0.2) is 0 Å². The largest absolute Gasteiger partial charge is 0.481 e. The van der Waals surface area contributed by atoms with Gasteiger partial charge in [0, 0.05) is 19.5 Å². The van der Waals surface area contributed by atoms with Crippen molar-refractivity contribution in [3.05, 3.63) is 0 Å². The molecule has 19 heavy (non-hydrogen) atoms. The van der Waals surface area contributed by atoms with Gasteiger partial charge in [-0.1, -0.05) is 13.8 Å². The zero-order valence-electron chi connectivity index (χ0n) is 11.8. The van der Waals surface area contributed by atoms with Crippen LogP contribution in [-0.2, 0) is 14.8 Å². The highest BCUT2D eigenvalue weighted by atomic mass is 32.2. The van der Waals surface area contributed by atoms with Crippen molar-refractivity contribution in [3.63, 3.8) is 0 Å². The third kappa shape index (κ3) is 5.91. The molecule has 1 fully saturated rings. The van der Waals surface area contributed by atoms with E-state index in [0.717, 1.165) is 12.8 Å². The Morgan fingerprint density at radius 1 is 1.32 bits per heavy atom. The molecular formula is C13H25NO4S. The highest BCUT2D eigenvalue weighted by Crippen LogP contribution is 2.24. The molecule has 1 heterocycles. The van der Waals surface area contributed by atoms with Crippen LogP contribution < -0.4 is 0 Å². The average molecular weight is 291 g/mol. The molecule has 6 heteroatoms. The summed E-state index contributed by atoms with van der Waals surface area (Å²) in [5.74, 6) is 0.201.